The van der Waals surface area contributed by atoms with Crippen molar-refractivity contribution in [3.8, 4) is 0 Å². The summed E-state index contributed by atoms with van der Waals surface area (Å²) in [6, 6.07) is 3.68. The molecule has 2 unspecified atom stereocenters. The summed E-state index contributed by atoms with van der Waals surface area (Å²) >= 11 is 0. The van der Waals surface area contributed by atoms with Crippen LogP contribution < -0.4 is 0 Å². The molecule has 0 aliphatic heterocycles. The van der Waals surface area contributed by atoms with Crippen molar-refractivity contribution in [1.29, 1.82) is 0 Å². The van der Waals surface area contributed by atoms with Crippen molar-refractivity contribution in [2.24, 2.45) is 11.8 Å². The number of carbonyl (C=O) groups excluding carboxylic acids is 1. The summed E-state index contributed by atoms with van der Waals surface area (Å²) in [6.07, 6.45) is 5.76. The largest absolute Gasteiger partial charge is 0.458 e. The van der Waals surface area contributed by atoms with Gasteiger partial charge in [-0.25, -0.2) is 0 Å². The Labute approximate surface area is 97.0 Å². The standard InChI is InChI=1S/C14H20O2/c1-3-11-5-4-6-12(9-11)14(15)13-8-7-10(2)16-13/h7-8,11-12H,3-6,9H2,1-2H3. The third-order valence-electron chi connectivity index (χ3n) is 3.71. The van der Waals surface area contributed by atoms with Gasteiger partial charge in [0.1, 0.15) is 5.76 Å². The van der Waals surface area contributed by atoms with Gasteiger partial charge in [0.2, 0.25) is 5.78 Å². The summed E-state index contributed by atoms with van der Waals surface area (Å²) in [4.78, 5) is 12.2. The fourth-order valence-corrected chi connectivity index (χ4v) is 2.67. The van der Waals surface area contributed by atoms with Gasteiger partial charge in [0.25, 0.3) is 0 Å². The monoisotopic (exact) mass is 220 g/mol. The zero-order valence-corrected chi connectivity index (χ0v) is 10.2. The lowest BCUT2D eigenvalue weighted by molar-refractivity contribution is 0.0831. The zero-order chi connectivity index (χ0) is 11.5. The molecule has 2 rings (SSSR count). The molecule has 2 nitrogen and oxygen atoms in total. The molecular formula is C14H20O2. The molecule has 1 heterocycles. The van der Waals surface area contributed by atoms with E-state index in [1.165, 1.54) is 19.3 Å². The average Bonchev–Trinajstić information content (AvgIpc) is 2.75. The van der Waals surface area contributed by atoms with Crippen LogP contribution in [-0.2, 0) is 0 Å². The van der Waals surface area contributed by atoms with Crippen molar-refractivity contribution in [2.75, 3.05) is 0 Å². The summed E-state index contributed by atoms with van der Waals surface area (Å²) < 4.78 is 5.42. The van der Waals surface area contributed by atoms with Crippen LogP contribution in [0.15, 0.2) is 16.5 Å². The number of furan rings is 1. The van der Waals surface area contributed by atoms with E-state index in [1.54, 1.807) is 0 Å². The van der Waals surface area contributed by atoms with E-state index in [9.17, 15) is 4.79 Å². The maximum Gasteiger partial charge on any atom is 0.201 e. The van der Waals surface area contributed by atoms with Gasteiger partial charge >= 0.3 is 0 Å². The molecule has 1 fully saturated rings. The van der Waals surface area contributed by atoms with Crippen LogP contribution in [-0.4, -0.2) is 5.78 Å². The number of rotatable bonds is 3. The quantitative estimate of drug-likeness (QED) is 0.721. The Morgan fingerprint density at radius 1 is 1.44 bits per heavy atom. The van der Waals surface area contributed by atoms with Crippen molar-refractivity contribution in [1.82, 2.24) is 0 Å². The fourth-order valence-electron chi connectivity index (χ4n) is 2.67. The smallest absolute Gasteiger partial charge is 0.201 e. The van der Waals surface area contributed by atoms with E-state index in [2.05, 4.69) is 6.92 Å². The molecule has 1 saturated carbocycles. The molecule has 1 aromatic heterocycles. The molecule has 0 radical (unpaired) electrons. The zero-order valence-electron chi connectivity index (χ0n) is 10.2. The van der Waals surface area contributed by atoms with Crippen molar-refractivity contribution in [3.63, 3.8) is 0 Å². The number of hydrogen-bond acceptors (Lipinski definition) is 2. The molecule has 2 atom stereocenters. The van der Waals surface area contributed by atoms with Gasteiger partial charge in [-0.15, -0.1) is 0 Å². The molecule has 0 amide bonds. The molecule has 1 aliphatic carbocycles. The minimum absolute atomic E-state index is 0.198. The highest BCUT2D eigenvalue weighted by atomic mass is 16.3. The van der Waals surface area contributed by atoms with E-state index in [0.717, 1.165) is 24.5 Å². The van der Waals surface area contributed by atoms with Gasteiger partial charge in [0.15, 0.2) is 5.76 Å². The first-order chi connectivity index (χ1) is 7.70. The topological polar surface area (TPSA) is 30.2 Å². The van der Waals surface area contributed by atoms with Crippen LogP contribution in [0.2, 0.25) is 0 Å². The van der Waals surface area contributed by atoms with Crippen molar-refractivity contribution in [2.45, 2.75) is 46.0 Å². The molecular weight excluding hydrogens is 200 g/mol. The first-order valence-corrected chi connectivity index (χ1v) is 6.31. The molecule has 0 saturated heterocycles. The Hall–Kier alpha value is -1.05. The van der Waals surface area contributed by atoms with E-state index in [-0.39, 0.29) is 11.7 Å². The Bertz CT molecular complexity index is 365. The molecule has 0 N–H and O–H groups in total. The van der Waals surface area contributed by atoms with Crippen LogP contribution >= 0.6 is 0 Å². The molecule has 1 aromatic rings. The van der Waals surface area contributed by atoms with E-state index in [0.29, 0.717) is 5.76 Å². The maximum atomic E-state index is 12.2. The Balaban J connectivity index is 2.04. The lowest BCUT2D eigenvalue weighted by atomic mass is 9.78. The Kier molecular flexibility index (Phi) is 3.47. The van der Waals surface area contributed by atoms with Crippen LogP contribution in [0.4, 0.5) is 0 Å². The Morgan fingerprint density at radius 2 is 2.25 bits per heavy atom. The lowest BCUT2D eigenvalue weighted by Crippen LogP contribution is -2.22. The number of aryl methyl sites for hydroxylation is 1. The normalized spacial score (nSPS) is 25.6. The first kappa shape index (κ1) is 11.4. The molecule has 1 aliphatic rings. The van der Waals surface area contributed by atoms with Crippen molar-refractivity contribution in [3.05, 3.63) is 23.7 Å². The van der Waals surface area contributed by atoms with E-state index < -0.39 is 0 Å². The predicted molar refractivity (Wildman–Crippen MR) is 63.5 cm³/mol. The van der Waals surface area contributed by atoms with Crippen LogP contribution in [0.5, 0.6) is 0 Å². The van der Waals surface area contributed by atoms with Crippen LogP contribution in [0, 0.1) is 18.8 Å². The van der Waals surface area contributed by atoms with E-state index >= 15 is 0 Å². The summed E-state index contributed by atoms with van der Waals surface area (Å²) in [5.74, 6) is 2.53. The van der Waals surface area contributed by atoms with Crippen LogP contribution in [0.1, 0.15) is 55.3 Å². The van der Waals surface area contributed by atoms with Crippen LogP contribution in [0.3, 0.4) is 0 Å². The predicted octanol–water partition coefficient (Wildman–Crippen LogP) is 3.99. The second-order valence-electron chi connectivity index (χ2n) is 4.91. The van der Waals surface area contributed by atoms with E-state index in [4.69, 9.17) is 4.42 Å². The van der Waals surface area contributed by atoms with Crippen molar-refractivity contribution < 1.29 is 9.21 Å². The number of Topliss-reactive ketones (excluding diaryl/α,β-unsaturated/α-hetero) is 1. The summed E-state index contributed by atoms with van der Waals surface area (Å²) in [6.45, 7) is 4.10. The van der Waals surface area contributed by atoms with Gasteiger partial charge < -0.3 is 4.42 Å². The van der Waals surface area contributed by atoms with Crippen LogP contribution in [0.25, 0.3) is 0 Å². The first-order valence-electron chi connectivity index (χ1n) is 6.31. The minimum Gasteiger partial charge on any atom is -0.458 e. The second kappa shape index (κ2) is 4.86. The summed E-state index contributed by atoms with van der Waals surface area (Å²) in [7, 11) is 0. The highest BCUT2D eigenvalue weighted by molar-refractivity contribution is 5.95. The number of ketones is 1. The van der Waals surface area contributed by atoms with Gasteiger partial charge in [-0.2, -0.15) is 0 Å². The number of hydrogen-bond donors (Lipinski definition) is 0. The maximum absolute atomic E-state index is 12.2. The summed E-state index contributed by atoms with van der Waals surface area (Å²) in [5.41, 5.74) is 0. The lowest BCUT2D eigenvalue weighted by Gasteiger charge is -2.26. The van der Waals surface area contributed by atoms with E-state index in [1.807, 2.05) is 19.1 Å². The number of carbonyl (C=O) groups is 1. The fraction of sp³-hybridized carbons (Fsp3) is 0.643. The third kappa shape index (κ3) is 2.37. The van der Waals surface area contributed by atoms with Crippen molar-refractivity contribution >= 4 is 5.78 Å². The molecule has 88 valence electrons. The molecule has 0 bridgehead atoms. The van der Waals surface area contributed by atoms with Gasteiger partial charge in [-0.1, -0.05) is 26.2 Å². The molecule has 2 heteroatoms. The molecule has 16 heavy (non-hydrogen) atoms. The Morgan fingerprint density at radius 3 is 2.88 bits per heavy atom. The highest BCUT2D eigenvalue weighted by Crippen LogP contribution is 2.33. The van der Waals surface area contributed by atoms with Gasteiger partial charge in [0.05, 0.1) is 0 Å². The van der Waals surface area contributed by atoms with Gasteiger partial charge in [-0.05, 0) is 37.8 Å². The molecule has 0 aromatic carbocycles. The summed E-state index contributed by atoms with van der Waals surface area (Å²) in [5, 5.41) is 0. The third-order valence-corrected chi connectivity index (χ3v) is 3.71. The average molecular weight is 220 g/mol. The minimum atomic E-state index is 0.198. The highest BCUT2D eigenvalue weighted by Gasteiger charge is 2.28. The van der Waals surface area contributed by atoms with Gasteiger partial charge in [0, 0.05) is 5.92 Å². The molecule has 0 spiro atoms. The van der Waals surface area contributed by atoms with Gasteiger partial charge in [-0.3, -0.25) is 4.79 Å². The second-order valence-corrected chi connectivity index (χ2v) is 4.91. The SMILES string of the molecule is CCC1CCCC(C(=O)c2ccc(C)o2)C1.